The van der Waals surface area contributed by atoms with Crippen molar-refractivity contribution >= 4 is 11.9 Å². The molecule has 5 heteroatoms. The van der Waals surface area contributed by atoms with Gasteiger partial charge in [-0.1, -0.05) is 0 Å². The molecular weight excluding hydrogens is 222 g/mol. The average molecular weight is 243 g/mol. The number of likely N-dealkylation sites (tertiary alicyclic amines) is 1. The van der Waals surface area contributed by atoms with Gasteiger partial charge in [-0.2, -0.15) is 0 Å². The second kappa shape index (κ2) is 5.49. The number of carbonyl (C=O) groups excluding carboxylic acids is 2. The highest BCUT2D eigenvalue weighted by Crippen LogP contribution is 2.18. The molecule has 0 radical (unpaired) electrons. The van der Waals surface area contributed by atoms with Gasteiger partial charge in [0, 0.05) is 26.5 Å². The number of hydrogen-bond acceptors (Lipinski definition) is 4. The van der Waals surface area contributed by atoms with Crippen LogP contribution in [0.3, 0.4) is 0 Å². The minimum atomic E-state index is -0.518. The van der Waals surface area contributed by atoms with E-state index in [1.165, 1.54) is 0 Å². The Morgan fingerprint density at radius 1 is 1.47 bits per heavy atom. The van der Waals surface area contributed by atoms with Crippen LogP contribution in [0.25, 0.3) is 0 Å². The molecule has 0 bridgehead atoms. The fourth-order valence-corrected chi connectivity index (χ4v) is 1.80. The molecule has 1 heterocycles. The Hall–Kier alpha value is -1.10. The second-order valence-corrected chi connectivity index (χ2v) is 5.28. The van der Waals surface area contributed by atoms with Crippen molar-refractivity contribution in [1.82, 2.24) is 4.90 Å². The van der Waals surface area contributed by atoms with Crippen LogP contribution >= 0.6 is 0 Å². The second-order valence-electron chi connectivity index (χ2n) is 5.28. The molecular formula is C12H21NO4. The van der Waals surface area contributed by atoms with E-state index < -0.39 is 5.60 Å². The highest BCUT2D eigenvalue weighted by atomic mass is 16.6. The fourth-order valence-electron chi connectivity index (χ4n) is 1.80. The number of amides is 1. The standard InChI is InChI=1S/C12H21NO4/c1-12(2,3)17-11(15)13-6-5-10(14)7-9(13)8-16-4/h9H,5-8H2,1-4H3. The van der Waals surface area contributed by atoms with Gasteiger partial charge in [-0.15, -0.1) is 0 Å². The molecule has 1 aliphatic heterocycles. The molecule has 1 fully saturated rings. The first-order valence-electron chi connectivity index (χ1n) is 5.84. The smallest absolute Gasteiger partial charge is 0.410 e. The topological polar surface area (TPSA) is 55.8 Å². The molecule has 17 heavy (non-hydrogen) atoms. The van der Waals surface area contributed by atoms with Crippen LogP contribution in [0.15, 0.2) is 0 Å². The third-order valence-corrected chi connectivity index (χ3v) is 2.52. The SMILES string of the molecule is COCC1CC(=O)CCN1C(=O)OC(C)(C)C. The van der Waals surface area contributed by atoms with Gasteiger partial charge in [0.2, 0.25) is 0 Å². The van der Waals surface area contributed by atoms with Crippen LogP contribution in [-0.4, -0.2) is 48.7 Å². The maximum Gasteiger partial charge on any atom is 0.410 e. The zero-order chi connectivity index (χ0) is 13.1. The van der Waals surface area contributed by atoms with Crippen LogP contribution in [-0.2, 0) is 14.3 Å². The van der Waals surface area contributed by atoms with Gasteiger partial charge >= 0.3 is 6.09 Å². The number of nitrogens with zero attached hydrogens (tertiary/aromatic N) is 1. The minimum Gasteiger partial charge on any atom is -0.444 e. The quantitative estimate of drug-likeness (QED) is 0.739. The number of Topliss-reactive ketones (excluding diaryl/α,β-unsaturated/α-hetero) is 1. The summed E-state index contributed by atoms with van der Waals surface area (Å²) in [5.74, 6) is 0.173. The van der Waals surface area contributed by atoms with Crippen LogP contribution < -0.4 is 0 Å². The maximum absolute atomic E-state index is 11.9. The average Bonchev–Trinajstić information content (AvgIpc) is 2.15. The predicted octanol–water partition coefficient (Wildman–Crippen LogP) is 1.60. The first-order valence-corrected chi connectivity index (χ1v) is 5.84. The number of carbonyl (C=O) groups is 2. The summed E-state index contributed by atoms with van der Waals surface area (Å²) in [6.45, 7) is 6.26. The summed E-state index contributed by atoms with van der Waals surface area (Å²) < 4.78 is 10.3. The van der Waals surface area contributed by atoms with Crippen molar-refractivity contribution in [2.24, 2.45) is 0 Å². The molecule has 0 N–H and O–H groups in total. The van der Waals surface area contributed by atoms with Crippen molar-refractivity contribution in [2.75, 3.05) is 20.3 Å². The molecule has 1 amide bonds. The first kappa shape index (κ1) is 14.0. The highest BCUT2D eigenvalue weighted by molar-refractivity contribution is 5.82. The summed E-state index contributed by atoms with van der Waals surface area (Å²) in [6, 6.07) is -0.198. The van der Waals surface area contributed by atoms with E-state index in [1.54, 1.807) is 12.0 Å². The van der Waals surface area contributed by atoms with Crippen LogP contribution in [0.5, 0.6) is 0 Å². The molecule has 0 spiro atoms. The molecule has 0 saturated carbocycles. The van der Waals surface area contributed by atoms with Gasteiger partial charge in [0.25, 0.3) is 0 Å². The number of hydrogen-bond donors (Lipinski definition) is 0. The molecule has 1 atom stereocenters. The number of piperidine rings is 1. The van der Waals surface area contributed by atoms with Gasteiger partial charge in [0.1, 0.15) is 11.4 Å². The highest BCUT2D eigenvalue weighted by Gasteiger charge is 2.33. The zero-order valence-electron chi connectivity index (χ0n) is 11.0. The molecule has 0 aromatic carbocycles. The van der Waals surface area contributed by atoms with Gasteiger partial charge < -0.3 is 14.4 Å². The number of ketones is 1. The Labute approximate surface area is 102 Å². The van der Waals surface area contributed by atoms with Gasteiger partial charge in [-0.05, 0) is 20.8 Å². The summed E-state index contributed by atoms with van der Waals surface area (Å²) >= 11 is 0. The van der Waals surface area contributed by atoms with Gasteiger partial charge in [-0.3, -0.25) is 4.79 Å². The van der Waals surface area contributed by atoms with E-state index in [9.17, 15) is 9.59 Å². The van der Waals surface area contributed by atoms with Crippen LogP contribution in [0.4, 0.5) is 4.79 Å². The molecule has 1 unspecified atom stereocenters. The number of methoxy groups -OCH3 is 1. The summed E-state index contributed by atoms with van der Waals surface area (Å²) in [4.78, 5) is 24.9. The summed E-state index contributed by atoms with van der Waals surface area (Å²) in [5, 5.41) is 0. The summed E-state index contributed by atoms with van der Waals surface area (Å²) in [7, 11) is 1.56. The zero-order valence-corrected chi connectivity index (χ0v) is 11.0. The largest absolute Gasteiger partial charge is 0.444 e. The lowest BCUT2D eigenvalue weighted by Crippen LogP contribution is -2.50. The Morgan fingerprint density at radius 3 is 2.65 bits per heavy atom. The fraction of sp³-hybridized carbons (Fsp3) is 0.833. The first-order chi connectivity index (χ1) is 7.83. The molecule has 98 valence electrons. The summed E-state index contributed by atoms with van der Waals surface area (Å²) in [6.07, 6.45) is 0.388. The van der Waals surface area contributed by atoms with Crippen molar-refractivity contribution in [2.45, 2.75) is 45.3 Å². The van der Waals surface area contributed by atoms with Crippen molar-refractivity contribution in [3.05, 3.63) is 0 Å². The van der Waals surface area contributed by atoms with E-state index in [0.29, 0.717) is 26.0 Å². The van der Waals surface area contributed by atoms with E-state index in [4.69, 9.17) is 9.47 Å². The van der Waals surface area contributed by atoms with Crippen molar-refractivity contribution in [3.63, 3.8) is 0 Å². The summed E-state index contributed by atoms with van der Waals surface area (Å²) in [5.41, 5.74) is -0.518. The normalized spacial score (nSPS) is 21.5. The molecule has 1 aliphatic rings. The van der Waals surface area contributed by atoms with Gasteiger partial charge in [0.15, 0.2) is 0 Å². The number of ether oxygens (including phenoxy) is 2. The lowest BCUT2D eigenvalue weighted by atomic mass is 10.0. The van der Waals surface area contributed by atoms with E-state index >= 15 is 0 Å². The third kappa shape index (κ3) is 4.34. The van der Waals surface area contributed by atoms with Crippen LogP contribution in [0.1, 0.15) is 33.6 Å². The van der Waals surface area contributed by atoms with Gasteiger partial charge in [-0.25, -0.2) is 4.79 Å². The molecule has 1 rings (SSSR count). The molecule has 5 nitrogen and oxygen atoms in total. The Balaban J connectivity index is 2.66. The Morgan fingerprint density at radius 2 is 2.12 bits per heavy atom. The monoisotopic (exact) mass is 243 g/mol. The lowest BCUT2D eigenvalue weighted by Gasteiger charge is -2.35. The van der Waals surface area contributed by atoms with Crippen molar-refractivity contribution < 1.29 is 19.1 Å². The van der Waals surface area contributed by atoms with E-state index in [1.807, 2.05) is 20.8 Å². The third-order valence-electron chi connectivity index (χ3n) is 2.52. The molecule has 0 aromatic heterocycles. The Kier molecular flexibility index (Phi) is 4.51. The predicted molar refractivity (Wildman–Crippen MR) is 62.8 cm³/mol. The number of rotatable bonds is 2. The Bertz CT molecular complexity index is 295. The van der Waals surface area contributed by atoms with Gasteiger partial charge in [0.05, 0.1) is 12.6 Å². The van der Waals surface area contributed by atoms with Crippen LogP contribution in [0, 0.1) is 0 Å². The van der Waals surface area contributed by atoms with Crippen LogP contribution in [0.2, 0.25) is 0 Å². The molecule has 1 saturated heterocycles. The molecule has 0 aliphatic carbocycles. The maximum atomic E-state index is 11.9. The van der Waals surface area contributed by atoms with Crippen molar-refractivity contribution in [1.29, 1.82) is 0 Å². The lowest BCUT2D eigenvalue weighted by molar-refractivity contribution is -0.123. The minimum absolute atomic E-state index is 0.173. The molecule has 0 aromatic rings. The van der Waals surface area contributed by atoms with Crippen molar-refractivity contribution in [3.8, 4) is 0 Å². The van der Waals surface area contributed by atoms with E-state index in [2.05, 4.69) is 0 Å². The van der Waals surface area contributed by atoms with E-state index in [-0.39, 0.29) is 17.9 Å². The van der Waals surface area contributed by atoms with E-state index in [0.717, 1.165) is 0 Å².